The van der Waals surface area contributed by atoms with Crippen molar-refractivity contribution in [2.45, 2.75) is 25.7 Å². The Morgan fingerprint density at radius 1 is 1.00 bits per heavy atom. The second kappa shape index (κ2) is 8.52. The maximum Gasteiger partial charge on any atom is 0.373 e. The summed E-state index contributed by atoms with van der Waals surface area (Å²) in [6.07, 6.45) is 8.03. The van der Waals surface area contributed by atoms with Gasteiger partial charge in [-0.25, -0.2) is 4.79 Å². The first-order chi connectivity index (χ1) is 12.7. The van der Waals surface area contributed by atoms with E-state index in [-0.39, 0.29) is 11.5 Å². The van der Waals surface area contributed by atoms with Crippen LogP contribution in [0, 0.1) is 0 Å². The minimum Gasteiger partial charge on any atom is -0.463 e. The van der Waals surface area contributed by atoms with Crippen molar-refractivity contribution in [1.82, 2.24) is 0 Å². The zero-order valence-corrected chi connectivity index (χ0v) is 14.9. The van der Waals surface area contributed by atoms with Crippen LogP contribution in [0.15, 0.2) is 46.9 Å². The van der Waals surface area contributed by atoms with Crippen LogP contribution in [0.4, 0.5) is 5.69 Å². The molecule has 5 heteroatoms. The number of ketones is 1. The van der Waals surface area contributed by atoms with Crippen molar-refractivity contribution in [2.75, 3.05) is 25.1 Å². The summed E-state index contributed by atoms with van der Waals surface area (Å²) >= 11 is 0. The molecular formula is C21H23NO4. The van der Waals surface area contributed by atoms with Gasteiger partial charge in [-0.15, -0.1) is 0 Å². The lowest BCUT2D eigenvalue weighted by atomic mass is 10.1. The zero-order valence-electron chi connectivity index (χ0n) is 14.9. The van der Waals surface area contributed by atoms with E-state index in [1.54, 1.807) is 12.1 Å². The molecule has 0 amide bonds. The average molecular weight is 353 g/mol. The molecule has 2 aromatic rings. The van der Waals surface area contributed by atoms with Gasteiger partial charge in [-0.2, -0.15) is 0 Å². The fourth-order valence-corrected chi connectivity index (χ4v) is 3.07. The van der Waals surface area contributed by atoms with Crippen LogP contribution in [0.3, 0.4) is 0 Å². The maximum absolute atomic E-state index is 12.3. The Labute approximate surface area is 153 Å². The van der Waals surface area contributed by atoms with E-state index in [0.29, 0.717) is 11.3 Å². The highest BCUT2D eigenvalue weighted by molar-refractivity contribution is 6.06. The van der Waals surface area contributed by atoms with Gasteiger partial charge in [-0.05, 0) is 61.4 Å². The summed E-state index contributed by atoms with van der Waals surface area (Å²) in [6.45, 7) is 2.16. The number of hydrogen-bond donors (Lipinski definition) is 0. The van der Waals surface area contributed by atoms with Crippen LogP contribution in [0.2, 0.25) is 0 Å². The molecule has 0 bridgehead atoms. The van der Waals surface area contributed by atoms with Crippen molar-refractivity contribution < 1.29 is 18.7 Å². The first-order valence-electron chi connectivity index (χ1n) is 8.93. The average Bonchev–Trinajstić information content (AvgIpc) is 2.99. The topological polar surface area (TPSA) is 59.8 Å². The normalized spacial score (nSPS) is 15.0. The molecule has 0 aliphatic carbocycles. The molecule has 3 rings (SSSR count). The van der Waals surface area contributed by atoms with Gasteiger partial charge in [0, 0.05) is 24.3 Å². The van der Waals surface area contributed by atoms with Crippen molar-refractivity contribution in [3.05, 3.63) is 59.6 Å². The summed E-state index contributed by atoms with van der Waals surface area (Å²) in [7, 11) is 1.29. The van der Waals surface area contributed by atoms with Gasteiger partial charge in [0.1, 0.15) is 5.76 Å². The highest BCUT2D eigenvalue weighted by Crippen LogP contribution is 2.20. The van der Waals surface area contributed by atoms with Gasteiger partial charge in [0.05, 0.1) is 7.11 Å². The Hall–Kier alpha value is -2.82. The van der Waals surface area contributed by atoms with Crippen molar-refractivity contribution in [3.63, 3.8) is 0 Å². The largest absolute Gasteiger partial charge is 0.463 e. The Morgan fingerprint density at radius 2 is 1.69 bits per heavy atom. The molecule has 0 atom stereocenters. The molecule has 1 aliphatic heterocycles. The summed E-state index contributed by atoms with van der Waals surface area (Å²) in [6, 6.07) is 10.9. The molecular weight excluding hydrogens is 330 g/mol. The van der Waals surface area contributed by atoms with Crippen molar-refractivity contribution in [2.24, 2.45) is 0 Å². The third kappa shape index (κ3) is 4.42. The molecule has 5 nitrogen and oxygen atoms in total. The number of furan rings is 1. The molecule has 26 heavy (non-hydrogen) atoms. The van der Waals surface area contributed by atoms with Gasteiger partial charge in [-0.3, -0.25) is 4.79 Å². The third-order valence-electron chi connectivity index (χ3n) is 4.54. The molecule has 1 aliphatic rings. The SMILES string of the molecule is COC(=O)c1ccc(/C=C/C(=O)c2ccc(N3CCCCCC3)cc2)o1. The second-order valence-electron chi connectivity index (χ2n) is 6.34. The van der Waals surface area contributed by atoms with Crippen LogP contribution >= 0.6 is 0 Å². The summed E-state index contributed by atoms with van der Waals surface area (Å²) < 4.78 is 9.90. The number of anilines is 1. The van der Waals surface area contributed by atoms with Crippen LogP contribution in [0.1, 0.15) is 52.4 Å². The first-order valence-corrected chi connectivity index (χ1v) is 8.93. The van der Waals surface area contributed by atoms with Gasteiger partial charge in [0.2, 0.25) is 5.76 Å². The lowest BCUT2D eigenvalue weighted by Gasteiger charge is -2.22. The first kappa shape index (κ1) is 18.0. The molecule has 1 fully saturated rings. The minimum atomic E-state index is -0.542. The smallest absolute Gasteiger partial charge is 0.373 e. The molecule has 1 aromatic carbocycles. The van der Waals surface area contributed by atoms with Crippen LogP contribution in [-0.4, -0.2) is 32.0 Å². The van der Waals surface area contributed by atoms with Gasteiger partial charge in [0.25, 0.3) is 0 Å². The molecule has 0 saturated carbocycles. The molecule has 0 radical (unpaired) electrons. The van der Waals surface area contributed by atoms with Crippen LogP contribution in [0.25, 0.3) is 6.08 Å². The summed E-state index contributed by atoms with van der Waals surface area (Å²) in [4.78, 5) is 26.1. The van der Waals surface area contributed by atoms with Crippen LogP contribution in [-0.2, 0) is 4.74 Å². The van der Waals surface area contributed by atoms with Gasteiger partial charge < -0.3 is 14.1 Å². The highest BCUT2D eigenvalue weighted by Gasteiger charge is 2.12. The number of ether oxygens (including phenoxy) is 1. The van der Waals surface area contributed by atoms with Gasteiger partial charge in [-0.1, -0.05) is 12.8 Å². The van der Waals surface area contributed by atoms with Crippen molar-refractivity contribution >= 4 is 23.5 Å². The second-order valence-corrected chi connectivity index (χ2v) is 6.34. The van der Waals surface area contributed by atoms with E-state index in [4.69, 9.17) is 4.42 Å². The van der Waals surface area contributed by atoms with E-state index in [1.807, 2.05) is 24.3 Å². The number of benzene rings is 1. The molecule has 0 spiro atoms. The van der Waals surface area contributed by atoms with E-state index in [2.05, 4.69) is 9.64 Å². The fraction of sp³-hybridized carbons (Fsp3) is 0.333. The molecule has 0 N–H and O–H groups in total. The number of hydrogen-bond acceptors (Lipinski definition) is 5. The van der Waals surface area contributed by atoms with Crippen molar-refractivity contribution in [1.29, 1.82) is 0 Å². The van der Waals surface area contributed by atoms with E-state index >= 15 is 0 Å². The van der Waals surface area contributed by atoms with Gasteiger partial charge >= 0.3 is 5.97 Å². The van der Waals surface area contributed by atoms with Crippen molar-refractivity contribution in [3.8, 4) is 0 Å². The standard InChI is InChI=1S/C21H23NO4/c1-25-21(24)20-13-11-18(26-20)10-12-19(23)16-6-8-17(9-7-16)22-14-4-2-3-5-15-22/h6-13H,2-5,14-15H2,1H3/b12-10+. The Balaban J connectivity index is 1.64. The monoisotopic (exact) mass is 353 g/mol. The third-order valence-corrected chi connectivity index (χ3v) is 4.54. The zero-order chi connectivity index (χ0) is 18.4. The minimum absolute atomic E-state index is 0.108. The predicted molar refractivity (Wildman–Crippen MR) is 101 cm³/mol. The Bertz CT molecular complexity index is 781. The lowest BCUT2D eigenvalue weighted by Crippen LogP contribution is -2.23. The van der Waals surface area contributed by atoms with E-state index in [0.717, 1.165) is 13.1 Å². The molecule has 0 unspecified atom stereocenters. The highest BCUT2D eigenvalue weighted by atomic mass is 16.5. The number of methoxy groups -OCH3 is 1. The van der Waals surface area contributed by atoms with E-state index in [1.165, 1.54) is 50.6 Å². The number of rotatable bonds is 5. The van der Waals surface area contributed by atoms with Gasteiger partial charge in [0.15, 0.2) is 5.78 Å². The Morgan fingerprint density at radius 3 is 2.35 bits per heavy atom. The number of nitrogens with zero attached hydrogens (tertiary/aromatic N) is 1. The van der Waals surface area contributed by atoms with Crippen LogP contribution < -0.4 is 4.90 Å². The summed E-state index contributed by atoms with van der Waals surface area (Å²) in [5, 5.41) is 0. The predicted octanol–water partition coefficient (Wildman–Crippen LogP) is 4.34. The van der Waals surface area contributed by atoms with E-state index < -0.39 is 5.97 Å². The number of carbonyl (C=O) groups excluding carboxylic acids is 2. The number of allylic oxidation sites excluding steroid dienone is 1. The quantitative estimate of drug-likeness (QED) is 0.454. The van der Waals surface area contributed by atoms with Crippen LogP contribution in [0.5, 0.6) is 0 Å². The fourth-order valence-electron chi connectivity index (χ4n) is 3.07. The molecule has 1 saturated heterocycles. The molecule has 1 aromatic heterocycles. The number of carbonyl (C=O) groups is 2. The number of esters is 1. The summed E-state index contributed by atoms with van der Waals surface area (Å²) in [5.41, 5.74) is 1.79. The maximum atomic E-state index is 12.3. The Kier molecular flexibility index (Phi) is 5.89. The molecule has 2 heterocycles. The lowest BCUT2D eigenvalue weighted by molar-refractivity contribution is 0.0564. The molecule has 136 valence electrons. The summed E-state index contributed by atoms with van der Waals surface area (Å²) in [5.74, 6) is -0.107. The van der Waals surface area contributed by atoms with E-state index in [9.17, 15) is 9.59 Å².